The van der Waals surface area contributed by atoms with Gasteiger partial charge in [0, 0.05) is 30.2 Å². The van der Waals surface area contributed by atoms with Gasteiger partial charge in [-0.1, -0.05) is 0 Å². The number of nitrogens with zero attached hydrogens (tertiary/aromatic N) is 1. The van der Waals surface area contributed by atoms with Crippen molar-refractivity contribution in [1.29, 1.82) is 0 Å². The van der Waals surface area contributed by atoms with Crippen LogP contribution in [-0.2, 0) is 9.53 Å². The van der Waals surface area contributed by atoms with Crippen LogP contribution in [0.4, 0.5) is 5.69 Å². The van der Waals surface area contributed by atoms with E-state index in [1.807, 2.05) is 20.8 Å². The summed E-state index contributed by atoms with van der Waals surface area (Å²) in [4.78, 5) is 25.8. The van der Waals surface area contributed by atoms with Crippen LogP contribution in [-0.4, -0.2) is 42.2 Å². The Kier molecular flexibility index (Phi) is 5.66. The van der Waals surface area contributed by atoms with Gasteiger partial charge in [-0.2, -0.15) is 0 Å². The third kappa shape index (κ3) is 5.67. The van der Waals surface area contributed by atoms with Gasteiger partial charge >= 0.3 is 5.97 Å². The molecule has 6 heteroatoms. The van der Waals surface area contributed by atoms with Crippen LogP contribution in [0, 0.1) is 0 Å². The van der Waals surface area contributed by atoms with Crippen molar-refractivity contribution in [3.63, 3.8) is 0 Å². The molecule has 0 aliphatic heterocycles. The van der Waals surface area contributed by atoms with Gasteiger partial charge in [0.25, 0.3) is 5.91 Å². The van der Waals surface area contributed by atoms with Gasteiger partial charge in [0.15, 0.2) is 0 Å². The molecule has 0 bridgehead atoms. The third-order valence-corrected chi connectivity index (χ3v) is 3.48. The van der Waals surface area contributed by atoms with Crippen molar-refractivity contribution < 1.29 is 14.3 Å². The first-order valence-corrected chi connectivity index (χ1v) is 7.54. The second-order valence-electron chi connectivity index (χ2n) is 5.83. The van der Waals surface area contributed by atoms with Gasteiger partial charge in [0.2, 0.25) is 0 Å². The van der Waals surface area contributed by atoms with Crippen LogP contribution in [0.1, 0.15) is 31.1 Å². The normalized spacial score (nSPS) is 11.1. The SMILES string of the molecule is CN(C)C(=O)c1ccc(N)c(SCC(=O)OC(C)(C)C)c1. The van der Waals surface area contributed by atoms with Crippen LogP contribution in [0.5, 0.6) is 0 Å². The molecule has 1 amide bonds. The number of esters is 1. The first kappa shape index (κ1) is 17.4. The van der Waals surface area contributed by atoms with E-state index in [2.05, 4.69) is 0 Å². The maximum absolute atomic E-state index is 11.9. The number of hydrogen-bond acceptors (Lipinski definition) is 5. The standard InChI is InChI=1S/C15H22N2O3S/c1-15(2,3)20-13(18)9-21-12-8-10(6-7-11(12)16)14(19)17(4)5/h6-8H,9,16H2,1-5H3. The van der Waals surface area contributed by atoms with E-state index < -0.39 is 5.60 Å². The maximum Gasteiger partial charge on any atom is 0.316 e. The van der Waals surface area contributed by atoms with E-state index in [-0.39, 0.29) is 17.6 Å². The molecule has 116 valence electrons. The van der Waals surface area contributed by atoms with Crippen molar-refractivity contribution >= 4 is 29.3 Å². The molecule has 0 unspecified atom stereocenters. The highest BCUT2D eigenvalue weighted by Gasteiger charge is 2.17. The fourth-order valence-corrected chi connectivity index (χ4v) is 2.34. The van der Waals surface area contributed by atoms with Crippen molar-refractivity contribution in [2.75, 3.05) is 25.6 Å². The zero-order valence-corrected chi connectivity index (χ0v) is 13.9. The maximum atomic E-state index is 11.9. The second-order valence-corrected chi connectivity index (χ2v) is 6.84. The van der Waals surface area contributed by atoms with E-state index in [0.717, 1.165) is 0 Å². The average Bonchev–Trinajstić information content (AvgIpc) is 2.34. The Morgan fingerprint density at radius 1 is 1.29 bits per heavy atom. The number of anilines is 1. The van der Waals surface area contributed by atoms with Gasteiger partial charge in [-0.15, -0.1) is 11.8 Å². The Morgan fingerprint density at radius 3 is 2.43 bits per heavy atom. The quantitative estimate of drug-likeness (QED) is 0.525. The Bertz CT molecular complexity index is 536. The van der Waals surface area contributed by atoms with Crippen LogP contribution in [0.15, 0.2) is 23.1 Å². The van der Waals surface area contributed by atoms with Crippen LogP contribution in [0.25, 0.3) is 0 Å². The number of thioether (sulfide) groups is 1. The van der Waals surface area contributed by atoms with Gasteiger partial charge < -0.3 is 15.4 Å². The van der Waals surface area contributed by atoms with Crippen LogP contribution in [0.3, 0.4) is 0 Å². The molecule has 0 saturated carbocycles. The number of amides is 1. The number of carbonyl (C=O) groups is 2. The van der Waals surface area contributed by atoms with Crippen molar-refractivity contribution in [3.8, 4) is 0 Å². The number of ether oxygens (including phenoxy) is 1. The lowest BCUT2D eigenvalue weighted by Crippen LogP contribution is -2.25. The fraction of sp³-hybridized carbons (Fsp3) is 0.467. The largest absolute Gasteiger partial charge is 0.459 e. The zero-order chi connectivity index (χ0) is 16.2. The van der Waals surface area contributed by atoms with Crippen LogP contribution < -0.4 is 5.73 Å². The minimum atomic E-state index is -0.508. The van der Waals surface area contributed by atoms with Gasteiger partial charge in [-0.3, -0.25) is 9.59 Å². The molecular weight excluding hydrogens is 288 g/mol. The van der Waals surface area contributed by atoms with E-state index >= 15 is 0 Å². The van der Waals surface area contributed by atoms with Crippen molar-refractivity contribution in [3.05, 3.63) is 23.8 Å². The summed E-state index contributed by atoms with van der Waals surface area (Å²) in [6, 6.07) is 5.05. The molecule has 0 aromatic heterocycles. The summed E-state index contributed by atoms with van der Waals surface area (Å²) < 4.78 is 5.24. The topological polar surface area (TPSA) is 72.6 Å². The first-order valence-electron chi connectivity index (χ1n) is 6.56. The fourth-order valence-electron chi connectivity index (χ4n) is 1.56. The Hall–Kier alpha value is -1.69. The summed E-state index contributed by atoms with van der Waals surface area (Å²) in [5.74, 6) is -0.258. The first-order chi connectivity index (χ1) is 9.60. The van der Waals surface area contributed by atoms with E-state index in [1.54, 1.807) is 32.3 Å². The van der Waals surface area contributed by atoms with E-state index in [9.17, 15) is 9.59 Å². The summed E-state index contributed by atoms with van der Waals surface area (Å²) in [7, 11) is 3.37. The highest BCUT2D eigenvalue weighted by molar-refractivity contribution is 8.00. The lowest BCUT2D eigenvalue weighted by molar-refractivity contribution is -0.151. The van der Waals surface area contributed by atoms with Crippen molar-refractivity contribution in [2.24, 2.45) is 0 Å². The second kappa shape index (κ2) is 6.85. The number of rotatable bonds is 4. The number of nitrogens with two attached hydrogens (primary N) is 1. The monoisotopic (exact) mass is 310 g/mol. The average molecular weight is 310 g/mol. The number of benzene rings is 1. The molecule has 1 aromatic carbocycles. The molecule has 0 radical (unpaired) electrons. The van der Waals surface area contributed by atoms with Gasteiger partial charge in [-0.05, 0) is 39.0 Å². The lowest BCUT2D eigenvalue weighted by atomic mass is 10.2. The summed E-state index contributed by atoms with van der Waals surface area (Å²) >= 11 is 1.27. The highest BCUT2D eigenvalue weighted by atomic mass is 32.2. The lowest BCUT2D eigenvalue weighted by Gasteiger charge is -2.19. The molecule has 0 saturated heterocycles. The summed E-state index contributed by atoms with van der Waals surface area (Å²) in [6.45, 7) is 5.46. The molecular formula is C15H22N2O3S. The minimum absolute atomic E-state index is 0.103. The van der Waals surface area contributed by atoms with Gasteiger partial charge in [0.05, 0.1) is 5.75 Å². The van der Waals surface area contributed by atoms with Crippen molar-refractivity contribution in [1.82, 2.24) is 4.90 Å². The minimum Gasteiger partial charge on any atom is -0.459 e. The molecule has 5 nitrogen and oxygen atoms in total. The van der Waals surface area contributed by atoms with E-state index in [4.69, 9.17) is 10.5 Å². The van der Waals surface area contributed by atoms with Crippen LogP contribution >= 0.6 is 11.8 Å². The molecule has 1 aromatic rings. The predicted molar refractivity (Wildman–Crippen MR) is 85.4 cm³/mol. The van der Waals surface area contributed by atoms with Gasteiger partial charge in [0.1, 0.15) is 5.60 Å². The Balaban J connectivity index is 2.77. The number of nitrogen functional groups attached to an aromatic ring is 1. The molecule has 0 fully saturated rings. The molecule has 0 atom stereocenters. The van der Waals surface area contributed by atoms with Gasteiger partial charge in [-0.25, -0.2) is 0 Å². The van der Waals surface area contributed by atoms with E-state index in [0.29, 0.717) is 16.1 Å². The summed E-state index contributed by atoms with van der Waals surface area (Å²) in [5, 5.41) is 0. The highest BCUT2D eigenvalue weighted by Crippen LogP contribution is 2.27. The molecule has 0 aliphatic carbocycles. The molecule has 0 aliphatic rings. The molecule has 0 heterocycles. The third-order valence-electron chi connectivity index (χ3n) is 2.43. The smallest absolute Gasteiger partial charge is 0.316 e. The predicted octanol–water partition coefficient (Wildman–Crippen LogP) is 2.40. The van der Waals surface area contributed by atoms with Crippen LogP contribution in [0.2, 0.25) is 0 Å². The number of hydrogen-bond donors (Lipinski definition) is 1. The molecule has 21 heavy (non-hydrogen) atoms. The van der Waals surface area contributed by atoms with E-state index in [1.165, 1.54) is 16.7 Å². The Labute approximate surface area is 129 Å². The zero-order valence-electron chi connectivity index (χ0n) is 13.1. The molecule has 1 rings (SSSR count). The summed E-state index contributed by atoms with van der Waals surface area (Å²) in [6.07, 6.45) is 0. The Morgan fingerprint density at radius 2 is 1.90 bits per heavy atom. The summed E-state index contributed by atoms with van der Waals surface area (Å²) in [5.41, 5.74) is 6.46. The van der Waals surface area contributed by atoms with Crippen molar-refractivity contribution in [2.45, 2.75) is 31.3 Å². The number of carbonyl (C=O) groups excluding carboxylic acids is 2. The molecule has 0 spiro atoms. The molecule has 2 N–H and O–H groups in total.